The van der Waals surface area contributed by atoms with E-state index >= 15 is 0 Å². The van der Waals surface area contributed by atoms with Crippen LogP contribution in [0.4, 0.5) is 5.69 Å². The zero-order chi connectivity index (χ0) is 15.9. The molecular formula is C20H31NS. The molecule has 1 aromatic rings. The molecule has 0 spiro atoms. The molecule has 1 heterocycles. The van der Waals surface area contributed by atoms with E-state index in [9.17, 15) is 0 Å². The molecule has 0 bridgehead atoms. The van der Waals surface area contributed by atoms with Crippen LogP contribution in [0.25, 0.3) is 5.57 Å². The van der Waals surface area contributed by atoms with E-state index in [1.54, 1.807) is 11.1 Å². The Kier molecular flexibility index (Phi) is 6.88. The number of hydrogen-bond acceptors (Lipinski definition) is 2. The highest BCUT2D eigenvalue weighted by Crippen LogP contribution is 2.32. The zero-order valence-corrected chi connectivity index (χ0v) is 15.6. The third kappa shape index (κ3) is 4.10. The predicted octanol–water partition coefficient (Wildman–Crippen LogP) is 5.92. The summed E-state index contributed by atoms with van der Waals surface area (Å²) in [6, 6.07) is 7.09. The van der Waals surface area contributed by atoms with Crippen molar-refractivity contribution >= 4 is 23.0 Å². The summed E-state index contributed by atoms with van der Waals surface area (Å²) < 4.78 is 0. The minimum Gasteiger partial charge on any atom is -0.370 e. The molecule has 0 radical (unpaired) electrons. The molecule has 0 aliphatic carbocycles. The molecule has 2 heteroatoms. The number of anilines is 1. The number of allylic oxidation sites excluding steroid dienone is 2. The minimum absolute atomic E-state index is 1.14. The van der Waals surface area contributed by atoms with Gasteiger partial charge in [0.05, 0.1) is 0 Å². The van der Waals surface area contributed by atoms with E-state index in [1.807, 2.05) is 0 Å². The van der Waals surface area contributed by atoms with E-state index in [2.05, 4.69) is 62.6 Å². The van der Waals surface area contributed by atoms with Crippen molar-refractivity contribution in [3.8, 4) is 0 Å². The first-order valence-corrected chi connectivity index (χ1v) is 10.0. The van der Waals surface area contributed by atoms with E-state index in [-0.39, 0.29) is 0 Å². The van der Waals surface area contributed by atoms with Crippen LogP contribution >= 0.6 is 11.8 Å². The topological polar surface area (TPSA) is 3.24 Å². The van der Waals surface area contributed by atoms with Gasteiger partial charge in [-0.25, -0.2) is 0 Å². The Labute approximate surface area is 141 Å². The lowest BCUT2D eigenvalue weighted by molar-refractivity contribution is 0.851. The first-order valence-electron chi connectivity index (χ1n) is 8.85. The van der Waals surface area contributed by atoms with Crippen LogP contribution in [0.1, 0.15) is 57.6 Å². The molecule has 0 N–H and O–H groups in total. The maximum absolute atomic E-state index is 2.55. The van der Waals surface area contributed by atoms with Gasteiger partial charge in [0.1, 0.15) is 0 Å². The molecule has 0 saturated carbocycles. The highest BCUT2D eigenvalue weighted by molar-refractivity contribution is 7.99. The van der Waals surface area contributed by atoms with Crippen molar-refractivity contribution in [2.45, 2.75) is 53.4 Å². The molecule has 1 aliphatic heterocycles. The first-order chi connectivity index (χ1) is 10.7. The summed E-state index contributed by atoms with van der Waals surface area (Å²) in [7, 11) is 0. The van der Waals surface area contributed by atoms with Gasteiger partial charge in [-0.3, -0.25) is 0 Å². The van der Waals surface area contributed by atoms with Crippen LogP contribution in [0, 0.1) is 6.92 Å². The standard InChI is InChI=1S/C20H31NS/c1-5-8-17(6-2)19(7-3)20-15-18(10-9-16(20)4)21-11-13-22-14-12-21/h9-10,15H,5-8,11-14H2,1-4H3/b19-17+. The molecule has 2 rings (SSSR count). The van der Waals surface area contributed by atoms with Gasteiger partial charge in [0.15, 0.2) is 0 Å². The van der Waals surface area contributed by atoms with Gasteiger partial charge in [-0.2, -0.15) is 11.8 Å². The minimum atomic E-state index is 1.14. The highest BCUT2D eigenvalue weighted by atomic mass is 32.2. The van der Waals surface area contributed by atoms with Crippen LogP contribution in [-0.2, 0) is 0 Å². The fourth-order valence-electron chi connectivity index (χ4n) is 3.43. The average molecular weight is 318 g/mol. The van der Waals surface area contributed by atoms with Gasteiger partial charge in [0.25, 0.3) is 0 Å². The second-order valence-electron chi connectivity index (χ2n) is 6.14. The van der Waals surface area contributed by atoms with E-state index in [0.29, 0.717) is 0 Å². The van der Waals surface area contributed by atoms with Crippen LogP contribution in [-0.4, -0.2) is 24.6 Å². The summed E-state index contributed by atoms with van der Waals surface area (Å²) in [6.45, 7) is 11.5. The van der Waals surface area contributed by atoms with Crippen LogP contribution in [0.3, 0.4) is 0 Å². The van der Waals surface area contributed by atoms with Gasteiger partial charge in [-0.05, 0) is 55.0 Å². The van der Waals surface area contributed by atoms with E-state index < -0.39 is 0 Å². The molecule has 1 fully saturated rings. The summed E-state index contributed by atoms with van der Waals surface area (Å²) in [5.74, 6) is 2.52. The van der Waals surface area contributed by atoms with E-state index in [4.69, 9.17) is 0 Å². The summed E-state index contributed by atoms with van der Waals surface area (Å²) in [4.78, 5) is 2.55. The largest absolute Gasteiger partial charge is 0.370 e. The zero-order valence-electron chi connectivity index (χ0n) is 14.7. The third-order valence-corrected chi connectivity index (χ3v) is 5.62. The van der Waals surface area contributed by atoms with Crippen molar-refractivity contribution in [1.29, 1.82) is 0 Å². The lowest BCUT2D eigenvalue weighted by atomic mass is 9.90. The second kappa shape index (κ2) is 8.67. The van der Waals surface area contributed by atoms with Gasteiger partial charge in [0, 0.05) is 30.3 Å². The highest BCUT2D eigenvalue weighted by Gasteiger charge is 2.14. The van der Waals surface area contributed by atoms with Gasteiger partial charge < -0.3 is 4.90 Å². The van der Waals surface area contributed by atoms with Crippen LogP contribution < -0.4 is 4.90 Å². The van der Waals surface area contributed by atoms with E-state index in [0.717, 1.165) is 6.42 Å². The van der Waals surface area contributed by atoms with Crippen LogP contribution in [0.5, 0.6) is 0 Å². The van der Waals surface area contributed by atoms with Gasteiger partial charge in [-0.1, -0.05) is 38.8 Å². The van der Waals surface area contributed by atoms with Crippen molar-refractivity contribution in [2.24, 2.45) is 0 Å². The Bertz CT molecular complexity index is 512. The molecule has 0 unspecified atom stereocenters. The molecule has 0 atom stereocenters. The van der Waals surface area contributed by atoms with Gasteiger partial charge >= 0.3 is 0 Å². The maximum atomic E-state index is 2.55. The number of aryl methyl sites for hydroxylation is 1. The van der Waals surface area contributed by atoms with Crippen molar-refractivity contribution in [2.75, 3.05) is 29.5 Å². The smallest absolute Gasteiger partial charge is 0.0373 e. The second-order valence-corrected chi connectivity index (χ2v) is 7.36. The number of nitrogens with zero attached hydrogens (tertiary/aromatic N) is 1. The predicted molar refractivity (Wildman–Crippen MR) is 103 cm³/mol. The number of benzene rings is 1. The van der Waals surface area contributed by atoms with Crippen molar-refractivity contribution in [3.05, 3.63) is 34.9 Å². The van der Waals surface area contributed by atoms with Crippen LogP contribution in [0.2, 0.25) is 0 Å². The monoisotopic (exact) mass is 317 g/mol. The molecule has 1 nitrogen and oxygen atoms in total. The summed E-state index contributed by atoms with van der Waals surface area (Å²) in [5, 5.41) is 0. The number of thioether (sulfide) groups is 1. The Balaban J connectivity index is 2.39. The molecule has 122 valence electrons. The Hall–Kier alpha value is -0.890. The third-order valence-electron chi connectivity index (χ3n) is 4.68. The lowest BCUT2D eigenvalue weighted by Crippen LogP contribution is -2.32. The Morgan fingerprint density at radius 2 is 1.82 bits per heavy atom. The van der Waals surface area contributed by atoms with E-state index in [1.165, 1.54) is 60.7 Å². The van der Waals surface area contributed by atoms with Crippen molar-refractivity contribution in [3.63, 3.8) is 0 Å². The Morgan fingerprint density at radius 1 is 1.09 bits per heavy atom. The maximum Gasteiger partial charge on any atom is 0.0373 e. The van der Waals surface area contributed by atoms with Crippen LogP contribution in [0.15, 0.2) is 23.8 Å². The van der Waals surface area contributed by atoms with Gasteiger partial charge in [0.2, 0.25) is 0 Å². The fraction of sp³-hybridized carbons (Fsp3) is 0.600. The molecule has 0 amide bonds. The average Bonchev–Trinajstić information content (AvgIpc) is 2.57. The molecule has 1 saturated heterocycles. The quantitative estimate of drug-likeness (QED) is 0.640. The van der Waals surface area contributed by atoms with Crippen molar-refractivity contribution in [1.82, 2.24) is 0 Å². The van der Waals surface area contributed by atoms with Gasteiger partial charge in [-0.15, -0.1) is 0 Å². The summed E-state index contributed by atoms with van der Waals surface area (Å²) >= 11 is 2.08. The number of hydrogen-bond donors (Lipinski definition) is 0. The first kappa shape index (κ1) is 17.5. The fourth-order valence-corrected chi connectivity index (χ4v) is 4.33. The molecule has 1 aliphatic rings. The summed E-state index contributed by atoms with van der Waals surface area (Å²) in [6.07, 6.45) is 4.81. The molecule has 0 aromatic heterocycles. The molecule has 1 aromatic carbocycles. The molecular weight excluding hydrogens is 286 g/mol. The Morgan fingerprint density at radius 3 is 2.41 bits per heavy atom. The summed E-state index contributed by atoms with van der Waals surface area (Å²) in [5.41, 5.74) is 7.57. The lowest BCUT2D eigenvalue weighted by Gasteiger charge is -2.29. The SMILES string of the molecule is CCC/C(CC)=C(\CC)c1cc(N2CCSCC2)ccc1C. The normalized spacial score (nSPS) is 16.6. The number of rotatable bonds is 6. The molecule has 22 heavy (non-hydrogen) atoms. The van der Waals surface area contributed by atoms with Crippen molar-refractivity contribution < 1.29 is 0 Å².